The van der Waals surface area contributed by atoms with E-state index in [0.717, 1.165) is 18.8 Å². The zero-order valence-corrected chi connectivity index (χ0v) is 13.2. The molecule has 1 amide bonds. The van der Waals surface area contributed by atoms with Crippen LogP contribution in [0, 0.1) is 10.1 Å². The Labute approximate surface area is 139 Å². The maximum absolute atomic E-state index is 12.3. The standard InChI is InChI=1S/C17H19N3O4/c21-17(18-14-6-2-3-7-15(14)20(22)23)16-9-8-13(24-16)12-19-10-4-1-5-11-19/h2-3,6-9H,1,4-5,10-12H2,(H,18,21). The number of anilines is 1. The molecule has 1 aromatic heterocycles. The zero-order valence-electron chi connectivity index (χ0n) is 13.2. The van der Waals surface area contributed by atoms with Gasteiger partial charge < -0.3 is 9.73 Å². The molecule has 7 heteroatoms. The van der Waals surface area contributed by atoms with Crippen LogP contribution in [0.2, 0.25) is 0 Å². The van der Waals surface area contributed by atoms with Crippen molar-refractivity contribution in [1.82, 2.24) is 4.90 Å². The van der Waals surface area contributed by atoms with Crippen molar-refractivity contribution in [2.75, 3.05) is 18.4 Å². The number of nitro groups is 1. The summed E-state index contributed by atoms with van der Waals surface area (Å²) in [5.74, 6) is 0.388. The topological polar surface area (TPSA) is 88.6 Å². The molecule has 0 saturated carbocycles. The van der Waals surface area contributed by atoms with Crippen LogP contribution in [0.1, 0.15) is 35.6 Å². The van der Waals surface area contributed by atoms with Gasteiger partial charge in [-0.05, 0) is 44.1 Å². The lowest BCUT2D eigenvalue weighted by Crippen LogP contribution is -2.28. The van der Waals surface area contributed by atoms with Gasteiger partial charge in [-0.2, -0.15) is 0 Å². The van der Waals surface area contributed by atoms with E-state index in [-0.39, 0.29) is 17.1 Å². The van der Waals surface area contributed by atoms with Crippen molar-refractivity contribution in [3.63, 3.8) is 0 Å². The van der Waals surface area contributed by atoms with Crippen LogP contribution in [0.3, 0.4) is 0 Å². The number of amides is 1. The van der Waals surface area contributed by atoms with Gasteiger partial charge in [-0.1, -0.05) is 18.6 Å². The minimum Gasteiger partial charge on any atom is -0.455 e. The molecule has 3 rings (SSSR count). The molecule has 0 radical (unpaired) electrons. The van der Waals surface area contributed by atoms with Crippen molar-refractivity contribution in [3.8, 4) is 0 Å². The number of hydrogen-bond donors (Lipinski definition) is 1. The van der Waals surface area contributed by atoms with Crippen LogP contribution < -0.4 is 5.32 Å². The average molecular weight is 329 g/mol. The number of nitrogens with zero attached hydrogens (tertiary/aromatic N) is 2. The first kappa shape index (κ1) is 16.2. The summed E-state index contributed by atoms with van der Waals surface area (Å²) in [5, 5.41) is 13.5. The van der Waals surface area contributed by atoms with Crippen molar-refractivity contribution >= 4 is 17.3 Å². The Morgan fingerprint density at radius 3 is 2.67 bits per heavy atom. The Kier molecular flexibility index (Phi) is 4.90. The molecule has 126 valence electrons. The van der Waals surface area contributed by atoms with Gasteiger partial charge in [0.25, 0.3) is 11.6 Å². The van der Waals surface area contributed by atoms with Crippen molar-refractivity contribution in [3.05, 3.63) is 58.0 Å². The number of nitro benzene ring substituents is 1. The fourth-order valence-corrected chi connectivity index (χ4v) is 2.85. The lowest BCUT2D eigenvalue weighted by molar-refractivity contribution is -0.383. The van der Waals surface area contributed by atoms with Crippen molar-refractivity contribution < 1.29 is 14.1 Å². The fourth-order valence-electron chi connectivity index (χ4n) is 2.85. The first-order valence-electron chi connectivity index (χ1n) is 7.99. The largest absolute Gasteiger partial charge is 0.455 e. The van der Waals surface area contributed by atoms with Gasteiger partial charge in [0.2, 0.25) is 0 Å². The molecule has 0 aliphatic carbocycles. The number of hydrogen-bond acceptors (Lipinski definition) is 5. The van der Waals surface area contributed by atoms with E-state index < -0.39 is 10.8 Å². The van der Waals surface area contributed by atoms with Gasteiger partial charge >= 0.3 is 0 Å². The van der Waals surface area contributed by atoms with Crippen molar-refractivity contribution in [2.45, 2.75) is 25.8 Å². The molecular formula is C17H19N3O4. The third-order valence-electron chi connectivity index (χ3n) is 4.06. The summed E-state index contributed by atoms with van der Waals surface area (Å²) in [7, 11) is 0. The molecule has 7 nitrogen and oxygen atoms in total. The molecule has 1 aliphatic rings. The fraction of sp³-hybridized carbons (Fsp3) is 0.353. The van der Waals surface area contributed by atoms with Gasteiger partial charge in [0, 0.05) is 6.07 Å². The number of carbonyl (C=O) groups is 1. The molecule has 2 heterocycles. The van der Waals surface area contributed by atoms with Crippen LogP contribution >= 0.6 is 0 Å². The third kappa shape index (κ3) is 3.80. The molecule has 1 saturated heterocycles. The van der Waals surface area contributed by atoms with Crippen molar-refractivity contribution in [1.29, 1.82) is 0 Å². The summed E-state index contributed by atoms with van der Waals surface area (Å²) < 4.78 is 5.60. The second-order valence-electron chi connectivity index (χ2n) is 5.83. The molecule has 1 aromatic carbocycles. The van der Waals surface area contributed by atoms with Crippen LogP contribution in [0.15, 0.2) is 40.8 Å². The number of para-hydroxylation sites is 2. The van der Waals surface area contributed by atoms with Gasteiger partial charge in [-0.25, -0.2) is 0 Å². The number of nitrogens with one attached hydrogen (secondary N) is 1. The molecule has 0 spiro atoms. The minimum absolute atomic E-state index is 0.147. The Hall–Kier alpha value is -2.67. The molecule has 24 heavy (non-hydrogen) atoms. The number of rotatable bonds is 5. The number of likely N-dealkylation sites (tertiary alicyclic amines) is 1. The van der Waals surface area contributed by atoms with E-state index >= 15 is 0 Å². The molecular weight excluding hydrogens is 310 g/mol. The van der Waals surface area contributed by atoms with Gasteiger partial charge in [-0.15, -0.1) is 0 Å². The maximum Gasteiger partial charge on any atom is 0.292 e. The van der Waals surface area contributed by atoms with E-state index in [0.29, 0.717) is 6.54 Å². The quantitative estimate of drug-likeness (QED) is 0.670. The highest BCUT2D eigenvalue weighted by atomic mass is 16.6. The van der Waals surface area contributed by atoms with Crippen molar-refractivity contribution in [2.24, 2.45) is 0 Å². The second kappa shape index (κ2) is 7.27. The molecule has 0 bridgehead atoms. The van der Waals surface area contributed by atoms with Crippen LogP contribution in [0.4, 0.5) is 11.4 Å². The Balaban J connectivity index is 1.66. The Bertz CT molecular complexity index is 735. The van der Waals surface area contributed by atoms with Crippen LogP contribution in [-0.4, -0.2) is 28.8 Å². The summed E-state index contributed by atoms with van der Waals surface area (Å²) in [6, 6.07) is 9.41. The first-order chi connectivity index (χ1) is 11.6. The highest BCUT2D eigenvalue weighted by Crippen LogP contribution is 2.24. The molecule has 1 aliphatic heterocycles. The SMILES string of the molecule is O=C(Nc1ccccc1[N+](=O)[O-])c1ccc(CN2CCCCC2)o1. The highest BCUT2D eigenvalue weighted by Gasteiger charge is 2.19. The zero-order chi connectivity index (χ0) is 16.9. The lowest BCUT2D eigenvalue weighted by atomic mass is 10.1. The van der Waals surface area contributed by atoms with E-state index in [9.17, 15) is 14.9 Å². The third-order valence-corrected chi connectivity index (χ3v) is 4.06. The summed E-state index contributed by atoms with van der Waals surface area (Å²) in [4.78, 5) is 25.0. The van der Waals surface area contributed by atoms with E-state index in [4.69, 9.17) is 4.42 Å². The lowest BCUT2D eigenvalue weighted by Gasteiger charge is -2.25. The minimum atomic E-state index is -0.528. The van der Waals surface area contributed by atoms with Gasteiger partial charge in [0.05, 0.1) is 11.5 Å². The monoisotopic (exact) mass is 329 g/mol. The first-order valence-corrected chi connectivity index (χ1v) is 7.99. The summed E-state index contributed by atoms with van der Waals surface area (Å²) in [6.07, 6.45) is 3.63. The molecule has 1 fully saturated rings. The summed E-state index contributed by atoms with van der Waals surface area (Å²) in [6.45, 7) is 2.76. The van der Waals surface area contributed by atoms with E-state index in [1.54, 1.807) is 24.3 Å². The predicted octanol–water partition coefficient (Wildman–Crippen LogP) is 3.43. The van der Waals surface area contributed by atoms with Gasteiger partial charge in [0.1, 0.15) is 11.4 Å². The van der Waals surface area contributed by atoms with Gasteiger partial charge in [-0.3, -0.25) is 19.8 Å². The number of piperidine rings is 1. The number of carbonyl (C=O) groups excluding carboxylic acids is 1. The predicted molar refractivity (Wildman–Crippen MR) is 88.9 cm³/mol. The average Bonchev–Trinajstić information content (AvgIpc) is 3.05. The van der Waals surface area contributed by atoms with Crippen LogP contribution in [0.25, 0.3) is 0 Å². The van der Waals surface area contributed by atoms with E-state index in [2.05, 4.69) is 10.2 Å². The maximum atomic E-state index is 12.3. The van der Waals surface area contributed by atoms with Crippen LogP contribution in [0.5, 0.6) is 0 Å². The normalized spacial score (nSPS) is 15.2. The smallest absolute Gasteiger partial charge is 0.292 e. The van der Waals surface area contributed by atoms with E-state index in [1.165, 1.54) is 31.4 Å². The Morgan fingerprint density at radius 1 is 1.17 bits per heavy atom. The van der Waals surface area contributed by atoms with Gasteiger partial charge in [0.15, 0.2) is 5.76 Å². The Morgan fingerprint density at radius 2 is 1.92 bits per heavy atom. The second-order valence-corrected chi connectivity index (χ2v) is 5.83. The molecule has 2 aromatic rings. The highest BCUT2D eigenvalue weighted by molar-refractivity contribution is 6.03. The molecule has 1 N–H and O–H groups in total. The number of benzene rings is 1. The molecule has 0 atom stereocenters. The van der Waals surface area contributed by atoms with E-state index in [1.807, 2.05) is 0 Å². The summed E-state index contributed by atoms with van der Waals surface area (Å²) in [5.41, 5.74) is 0.00688. The van der Waals surface area contributed by atoms with Crippen LogP contribution in [-0.2, 0) is 6.54 Å². The summed E-state index contributed by atoms with van der Waals surface area (Å²) >= 11 is 0. The molecule has 0 unspecified atom stereocenters. The number of furan rings is 1.